The second kappa shape index (κ2) is 7.51. The zero-order chi connectivity index (χ0) is 19.5. The van der Waals surface area contributed by atoms with Crippen LogP contribution in [0.3, 0.4) is 0 Å². The number of amides is 1. The maximum absolute atomic E-state index is 12.5. The van der Waals surface area contributed by atoms with E-state index in [2.05, 4.69) is 15.5 Å². The van der Waals surface area contributed by atoms with Crippen LogP contribution in [0.5, 0.6) is 5.75 Å². The highest BCUT2D eigenvalue weighted by Gasteiger charge is 2.29. The molecule has 4 rings (SSSR count). The summed E-state index contributed by atoms with van der Waals surface area (Å²) >= 11 is 0. The molecule has 8 nitrogen and oxygen atoms in total. The maximum Gasteiger partial charge on any atom is 0.379 e. The quantitative estimate of drug-likeness (QED) is 0.551. The van der Waals surface area contributed by atoms with E-state index in [0.29, 0.717) is 35.6 Å². The number of furan rings is 2. The average molecular weight is 379 g/mol. The number of nitrogens with zero attached hydrogens (tertiary/aromatic N) is 2. The second-order valence-electron chi connectivity index (χ2n) is 6.26. The first-order valence-corrected chi connectivity index (χ1v) is 8.78. The first-order valence-electron chi connectivity index (χ1n) is 8.78. The van der Waals surface area contributed by atoms with Crippen LogP contribution in [0.2, 0.25) is 0 Å². The third kappa shape index (κ3) is 3.44. The summed E-state index contributed by atoms with van der Waals surface area (Å²) in [6.07, 6.45) is 6.60. The van der Waals surface area contributed by atoms with Gasteiger partial charge < -0.3 is 13.6 Å². The molecule has 8 heteroatoms. The molecule has 1 amide bonds. The van der Waals surface area contributed by atoms with Crippen LogP contribution >= 0.6 is 0 Å². The van der Waals surface area contributed by atoms with Crippen LogP contribution in [0, 0.1) is 6.92 Å². The van der Waals surface area contributed by atoms with E-state index in [-0.39, 0.29) is 11.5 Å². The molecule has 0 aromatic carbocycles. The highest BCUT2D eigenvalue weighted by molar-refractivity contribution is 6.06. The summed E-state index contributed by atoms with van der Waals surface area (Å²) in [7, 11) is 0. The third-order valence-electron chi connectivity index (χ3n) is 4.39. The molecule has 0 radical (unpaired) electrons. The normalized spacial score (nSPS) is 14.5. The van der Waals surface area contributed by atoms with Gasteiger partial charge in [0.2, 0.25) is 5.76 Å². The number of carbonyl (C=O) groups is 2. The molecule has 0 fully saturated rings. The minimum atomic E-state index is -0.598. The largest absolute Gasteiger partial charge is 0.459 e. The molecule has 0 saturated carbocycles. The van der Waals surface area contributed by atoms with E-state index in [1.807, 2.05) is 0 Å². The Kier molecular flexibility index (Phi) is 4.76. The average Bonchev–Trinajstić information content (AvgIpc) is 3.36. The highest BCUT2D eigenvalue weighted by atomic mass is 16.5. The predicted molar refractivity (Wildman–Crippen MR) is 98.3 cm³/mol. The molecule has 0 bridgehead atoms. The third-order valence-corrected chi connectivity index (χ3v) is 4.39. The number of carbonyl (C=O) groups excluding carboxylic acids is 2. The Morgan fingerprint density at radius 3 is 2.89 bits per heavy atom. The SMILES string of the molecule is Cc1c(C(=O)Oc2cccnc2)oc2c1/C(=N/NC(=O)c1ccco1)CCC2. The van der Waals surface area contributed by atoms with Crippen molar-refractivity contribution in [3.8, 4) is 5.75 Å². The second-order valence-corrected chi connectivity index (χ2v) is 6.26. The van der Waals surface area contributed by atoms with Crippen LogP contribution in [-0.4, -0.2) is 22.6 Å². The summed E-state index contributed by atoms with van der Waals surface area (Å²) in [4.78, 5) is 28.5. The Labute approximate surface area is 160 Å². The summed E-state index contributed by atoms with van der Waals surface area (Å²) in [5.41, 5.74) is 4.52. The van der Waals surface area contributed by atoms with Gasteiger partial charge in [0.1, 0.15) is 11.5 Å². The number of aryl methyl sites for hydroxylation is 1. The van der Waals surface area contributed by atoms with Gasteiger partial charge in [0, 0.05) is 23.7 Å². The number of pyridine rings is 1. The van der Waals surface area contributed by atoms with E-state index in [4.69, 9.17) is 13.6 Å². The van der Waals surface area contributed by atoms with Crippen LogP contribution in [0.4, 0.5) is 0 Å². The molecular formula is C20H17N3O5. The van der Waals surface area contributed by atoms with Gasteiger partial charge in [0.15, 0.2) is 5.76 Å². The highest BCUT2D eigenvalue weighted by Crippen LogP contribution is 2.30. The topological polar surface area (TPSA) is 107 Å². The zero-order valence-corrected chi connectivity index (χ0v) is 15.1. The summed E-state index contributed by atoms with van der Waals surface area (Å²) in [6.45, 7) is 1.78. The van der Waals surface area contributed by atoms with Gasteiger partial charge in [-0.2, -0.15) is 5.10 Å². The van der Waals surface area contributed by atoms with E-state index in [0.717, 1.165) is 12.0 Å². The van der Waals surface area contributed by atoms with Crippen LogP contribution in [0.1, 0.15) is 50.8 Å². The van der Waals surface area contributed by atoms with Gasteiger partial charge in [-0.25, -0.2) is 10.2 Å². The number of esters is 1. The molecule has 1 aliphatic rings. The summed E-state index contributed by atoms with van der Waals surface area (Å²) in [5, 5.41) is 4.23. The fourth-order valence-electron chi connectivity index (χ4n) is 3.12. The lowest BCUT2D eigenvalue weighted by Gasteiger charge is -2.13. The molecule has 0 atom stereocenters. The molecule has 0 saturated heterocycles. The van der Waals surface area contributed by atoms with Crippen molar-refractivity contribution in [1.82, 2.24) is 10.4 Å². The molecule has 1 N–H and O–H groups in total. The summed E-state index contributed by atoms with van der Waals surface area (Å²) in [5.74, 6) is 0.250. The number of hydrogen-bond donors (Lipinski definition) is 1. The Bertz CT molecular complexity index is 1040. The smallest absolute Gasteiger partial charge is 0.379 e. The fourth-order valence-corrected chi connectivity index (χ4v) is 3.12. The first-order chi connectivity index (χ1) is 13.6. The van der Waals surface area contributed by atoms with Crippen LogP contribution in [0.25, 0.3) is 0 Å². The molecule has 0 unspecified atom stereocenters. The molecule has 0 spiro atoms. The van der Waals surface area contributed by atoms with Gasteiger partial charge in [-0.05, 0) is 44.0 Å². The zero-order valence-electron chi connectivity index (χ0n) is 15.1. The van der Waals surface area contributed by atoms with Crippen LogP contribution in [-0.2, 0) is 6.42 Å². The number of nitrogens with one attached hydrogen (secondary N) is 1. The molecule has 3 aromatic rings. The van der Waals surface area contributed by atoms with E-state index in [1.165, 1.54) is 12.5 Å². The molecular weight excluding hydrogens is 362 g/mol. The molecule has 142 valence electrons. The van der Waals surface area contributed by atoms with Crippen molar-refractivity contribution in [1.29, 1.82) is 0 Å². The van der Waals surface area contributed by atoms with E-state index in [1.54, 1.807) is 37.4 Å². The standard InChI is InChI=1S/C20H17N3O5/c1-12-17-14(22-23-19(24)16-8-4-10-26-16)6-2-7-15(17)28-18(12)20(25)27-13-5-3-9-21-11-13/h3-5,8-11H,2,6-7H2,1H3,(H,23,24)/b22-14+. The van der Waals surface area contributed by atoms with Crippen LogP contribution in [0.15, 0.2) is 56.9 Å². The maximum atomic E-state index is 12.5. The van der Waals surface area contributed by atoms with E-state index < -0.39 is 11.9 Å². The minimum Gasteiger partial charge on any atom is -0.459 e. The van der Waals surface area contributed by atoms with E-state index in [9.17, 15) is 9.59 Å². The van der Waals surface area contributed by atoms with E-state index >= 15 is 0 Å². The van der Waals surface area contributed by atoms with Gasteiger partial charge in [-0.3, -0.25) is 9.78 Å². The predicted octanol–water partition coefficient (Wildman–Crippen LogP) is 3.27. The van der Waals surface area contributed by atoms with Gasteiger partial charge in [-0.15, -0.1) is 0 Å². The monoisotopic (exact) mass is 379 g/mol. The first kappa shape index (κ1) is 17.7. The molecule has 28 heavy (non-hydrogen) atoms. The number of hydrogen-bond acceptors (Lipinski definition) is 7. The van der Waals surface area contributed by atoms with Crippen molar-refractivity contribution in [3.05, 3.63) is 71.3 Å². The van der Waals surface area contributed by atoms with Gasteiger partial charge >= 0.3 is 11.9 Å². The number of fused-ring (bicyclic) bond motifs is 1. The number of ether oxygens (including phenoxy) is 1. The fraction of sp³-hybridized carbons (Fsp3) is 0.200. The molecule has 3 heterocycles. The lowest BCUT2D eigenvalue weighted by atomic mass is 9.93. The Morgan fingerprint density at radius 1 is 1.25 bits per heavy atom. The van der Waals surface area contributed by atoms with Gasteiger partial charge in [-0.1, -0.05) is 0 Å². The van der Waals surface area contributed by atoms with Crippen molar-refractivity contribution in [2.24, 2.45) is 5.10 Å². The molecule has 0 aliphatic heterocycles. The summed E-state index contributed by atoms with van der Waals surface area (Å²) < 4.78 is 16.2. The minimum absolute atomic E-state index is 0.126. The van der Waals surface area contributed by atoms with Crippen molar-refractivity contribution >= 4 is 17.6 Å². The van der Waals surface area contributed by atoms with Crippen molar-refractivity contribution in [2.75, 3.05) is 0 Å². The summed E-state index contributed by atoms with van der Waals surface area (Å²) in [6, 6.07) is 6.49. The molecule has 1 aliphatic carbocycles. The van der Waals surface area contributed by atoms with Crippen molar-refractivity contribution < 1.29 is 23.2 Å². The van der Waals surface area contributed by atoms with Gasteiger partial charge in [0.05, 0.1) is 18.2 Å². The van der Waals surface area contributed by atoms with Crippen molar-refractivity contribution in [3.63, 3.8) is 0 Å². The lowest BCUT2D eigenvalue weighted by Crippen LogP contribution is -2.21. The Morgan fingerprint density at radius 2 is 2.14 bits per heavy atom. The molecule has 3 aromatic heterocycles. The number of hydrazone groups is 1. The Balaban J connectivity index is 1.58. The van der Waals surface area contributed by atoms with Crippen LogP contribution < -0.4 is 10.2 Å². The van der Waals surface area contributed by atoms with Crippen molar-refractivity contribution in [2.45, 2.75) is 26.2 Å². The lowest BCUT2D eigenvalue weighted by molar-refractivity contribution is 0.0697. The Hall–Kier alpha value is -3.68. The number of rotatable bonds is 4. The number of aromatic nitrogens is 1. The van der Waals surface area contributed by atoms with Gasteiger partial charge in [0.25, 0.3) is 0 Å².